The van der Waals surface area contributed by atoms with Gasteiger partial charge in [0.1, 0.15) is 11.5 Å². The molecule has 7 rings (SSSR count). The first-order valence-electron chi connectivity index (χ1n) is 12.7. The van der Waals surface area contributed by atoms with E-state index in [0.29, 0.717) is 23.4 Å². The summed E-state index contributed by atoms with van der Waals surface area (Å²) in [6.45, 7) is 4.83. The maximum Gasteiger partial charge on any atom is 0.270 e. The Morgan fingerprint density at radius 3 is 2.50 bits per heavy atom. The maximum absolute atomic E-state index is 13.2. The molecule has 4 N–H and O–H groups in total. The smallest absolute Gasteiger partial charge is 0.270 e. The van der Waals surface area contributed by atoms with E-state index in [4.69, 9.17) is 10.7 Å². The van der Waals surface area contributed by atoms with Crippen LogP contribution in [0.5, 0.6) is 0 Å². The van der Waals surface area contributed by atoms with Crippen LogP contribution in [0, 0.1) is 17.8 Å². The van der Waals surface area contributed by atoms with Crippen LogP contribution in [0.4, 0.5) is 17.2 Å². The molecule has 7 heteroatoms. The Labute approximate surface area is 201 Å². The predicted octanol–water partition coefficient (Wildman–Crippen LogP) is 3.05. The molecule has 1 aromatic heterocycles. The molecule has 4 aliphatic carbocycles. The average Bonchev–Trinajstić information content (AvgIpc) is 2.81. The molecule has 1 aromatic carbocycles. The topological polar surface area (TPSA) is 94.7 Å². The fourth-order valence-electron chi connectivity index (χ4n) is 7.37. The third-order valence-corrected chi connectivity index (χ3v) is 8.69. The number of rotatable bonds is 4. The number of pyridine rings is 1. The molecule has 1 amide bonds. The normalized spacial score (nSPS) is 34.4. The van der Waals surface area contributed by atoms with E-state index in [2.05, 4.69) is 34.2 Å². The Kier molecular flexibility index (Phi) is 5.21. The van der Waals surface area contributed by atoms with Crippen molar-refractivity contribution in [3.63, 3.8) is 0 Å². The van der Waals surface area contributed by atoms with E-state index in [1.165, 1.54) is 5.69 Å². The van der Waals surface area contributed by atoms with Crippen molar-refractivity contribution in [1.82, 2.24) is 10.3 Å². The van der Waals surface area contributed by atoms with Crippen LogP contribution < -0.4 is 20.9 Å². The van der Waals surface area contributed by atoms with E-state index in [9.17, 15) is 9.90 Å². The van der Waals surface area contributed by atoms with Crippen LogP contribution in [0.25, 0.3) is 0 Å². The van der Waals surface area contributed by atoms with Gasteiger partial charge in [-0.1, -0.05) is 6.07 Å². The van der Waals surface area contributed by atoms with E-state index < -0.39 is 5.60 Å². The molecule has 0 spiro atoms. The highest BCUT2D eigenvalue weighted by Gasteiger charge is 2.55. The van der Waals surface area contributed by atoms with Gasteiger partial charge >= 0.3 is 0 Å². The van der Waals surface area contributed by atoms with E-state index >= 15 is 0 Å². The molecule has 5 aliphatic rings. The number of aromatic nitrogens is 1. The average molecular weight is 462 g/mol. The number of carbonyl (C=O) groups excluding carboxylic acids is 1. The lowest BCUT2D eigenvalue weighted by atomic mass is 9.52. The van der Waals surface area contributed by atoms with Gasteiger partial charge in [0.2, 0.25) is 0 Å². The van der Waals surface area contributed by atoms with Crippen molar-refractivity contribution in [2.75, 3.05) is 35.2 Å². The fraction of sp³-hybridized carbons (Fsp3) is 0.556. The summed E-state index contributed by atoms with van der Waals surface area (Å²) in [5.74, 6) is 2.19. The zero-order valence-corrected chi connectivity index (χ0v) is 19.9. The summed E-state index contributed by atoms with van der Waals surface area (Å²) in [7, 11) is 0. The van der Waals surface area contributed by atoms with Gasteiger partial charge in [0.15, 0.2) is 0 Å². The summed E-state index contributed by atoms with van der Waals surface area (Å²) < 4.78 is 0. The highest BCUT2D eigenvalue weighted by Crippen LogP contribution is 2.55. The molecule has 3 atom stereocenters. The number of nitrogens with two attached hydrogens (primary N) is 1. The zero-order valence-electron chi connectivity index (χ0n) is 19.9. The van der Waals surface area contributed by atoms with Crippen LogP contribution in [-0.4, -0.2) is 53.3 Å². The number of hydrogen-bond acceptors (Lipinski definition) is 6. The second kappa shape index (κ2) is 8.15. The van der Waals surface area contributed by atoms with Crippen molar-refractivity contribution in [2.45, 2.75) is 56.7 Å². The summed E-state index contributed by atoms with van der Waals surface area (Å²) in [5.41, 5.74) is 7.80. The molecular formula is C27H35N5O2. The third kappa shape index (κ3) is 3.90. The minimum atomic E-state index is -0.486. The lowest BCUT2D eigenvalue weighted by Gasteiger charge is -2.58. The molecule has 2 unspecified atom stereocenters. The maximum atomic E-state index is 13.2. The second-order valence-corrected chi connectivity index (χ2v) is 11.2. The van der Waals surface area contributed by atoms with Gasteiger partial charge in [-0.25, -0.2) is 4.98 Å². The number of hydrogen-bond donors (Lipinski definition) is 3. The third-order valence-electron chi connectivity index (χ3n) is 8.69. The largest absolute Gasteiger partial charge is 0.399 e. The Morgan fingerprint density at radius 1 is 1.09 bits per heavy atom. The molecule has 7 nitrogen and oxygen atoms in total. The summed E-state index contributed by atoms with van der Waals surface area (Å²) in [5, 5.41) is 14.2. The minimum Gasteiger partial charge on any atom is -0.399 e. The van der Waals surface area contributed by atoms with Gasteiger partial charge in [0.25, 0.3) is 5.91 Å². The molecular weight excluding hydrogens is 426 g/mol. The summed E-state index contributed by atoms with van der Waals surface area (Å²) in [6, 6.07) is 14.2. The van der Waals surface area contributed by atoms with Crippen LogP contribution >= 0.6 is 0 Å². The fourth-order valence-corrected chi connectivity index (χ4v) is 7.37. The molecule has 1 aliphatic heterocycles. The highest BCUT2D eigenvalue weighted by molar-refractivity contribution is 5.93. The standard InChI is InChI=1S/C27H35N5O2/c1-17-16-31(22-7-5-21(28)6-8-22)9-10-32(17)24-4-2-3-23(29-24)26(33)30-25-19-11-18-12-20(25)15-27(34,13-18)14-19/h2-8,17-20,25,34H,9-16,28H2,1H3,(H,30,33)/t17-,18?,19?,20?,25?,27?/m1/s1. The molecule has 4 saturated carbocycles. The number of aliphatic hydroxyl groups is 1. The van der Waals surface area contributed by atoms with E-state index in [1.807, 2.05) is 30.3 Å². The van der Waals surface area contributed by atoms with Gasteiger partial charge in [-0.05, 0) is 93.2 Å². The summed E-state index contributed by atoms with van der Waals surface area (Å²) >= 11 is 0. The van der Waals surface area contributed by atoms with Crippen molar-refractivity contribution in [3.8, 4) is 0 Å². The van der Waals surface area contributed by atoms with Crippen LogP contribution in [-0.2, 0) is 0 Å². The van der Waals surface area contributed by atoms with Gasteiger partial charge in [0, 0.05) is 43.1 Å². The van der Waals surface area contributed by atoms with E-state index in [-0.39, 0.29) is 18.0 Å². The second-order valence-electron chi connectivity index (χ2n) is 11.2. The van der Waals surface area contributed by atoms with Gasteiger partial charge in [-0.2, -0.15) is 0 Å². The molecule has 1 saturated heterocycles. The van der Waals surface area contributed by atoms with Crippen molar-refractivity contribution < 1.29 is 9.90 Å². The Bertz CT molecular complexity index is 1060. The van der Waals surface area contributed by atoms with Gasteiger partial charge < -0.3 is 26.0 Å². The predicted molar refractivity (Wildman–Crippen MR) is 134 cm³/mol. The van der Waals surface area contributed by atoms with Gasteiger partial charge in [-0.15, -0.1) is 0 Å². The van der Waals surface area contributed by atoms with Crippen molar-refractivity contribution in [1.29, 1.82) is 0 Å². The molecule has 5 fully saturated rings. The quantitative estimate of drug-likeness (QED) is 0.606. The zero-order chi connectivity index (χ0) is 23.4. The van der Waals surface area contributed by atoms with Crippen molar-refractivity contribution >= 4 is 23.1 Å². The first-order chi connectivity index (χ1) is 16.4. The molecule has 34 heavy (non-hydrogen) atoms. The van der Waals surface area contributed by atoms with Crippen molar-refractivity contribution in [3.05, 3.63) is 48.2 Å². The van der Waals surface area contributed by atoms with Crippen molar-refractivity contribution in [2.24, 2.45) is 17.8 Å². The Balaban J connectivity index is 1.13. The first kappa shape index (κ1) is 21.7. The van der Waals surface area contributed by atoms with Crippen LogP contribution in [0.15, 0.2) is 42.5 Å². The first-order valence-corrected chi connectivity index (χ1v) is 12.7. The van der Waals surface area contributed by atoms with E-state index in [0.717, 1.165) is 63.2 Å². The number of benzene rings is 1. The Hall–Kier alpha value is -2.80. The summed E-state index contributed by atoms with van der Waals surface area (Å²) in [6.07, 6.45) is 4.87. The molecule has 2 heterocycles. The number of nitrogens with zero attached hydrogens (tertiary/aromatic N) is 3. The number of nitrogens with one attached hydrogen (secondary N) is 1. The lowest BCUT2D eigenvalue weighted by molar-refractivity contribution is -0.136. The summed E-state index contributed by atoms with van der Waals surface area (Å²) in [4.78, 5) is 22.7. The minimum absolute atomic E-state index is 0.0838. The van der Waals surface area contributed by atoms with Gasteiger partial charge in [0.05, 0.1) is 5.60 Å². The number of anilines is 3. The highest BCUT2D eigenvalue weighted by atomic mass is 16.3. The molecule has 4 bridgehead atoms. The van der Waals surface area contributed by atoms with Gasteiger partial charge in [-0.3, -0.25) is 4.79 Å². The van der Waals surface area contributed by atoms with E-state index in [1.54, 1.807) is 0 Å². The lowest BCUT2D eigenvalue weighted by Crippen LogP contribution is -2.61. The monoisotopic (exact) mass is 461 g/mol. The molecule has 180 valence electrons. The number of carbonyl (C=O) groups is 1. The number of amides is 1. The van der Waals surface area contributed by atoms with Crippen LogP contribution in [0.1, 0.15) is 49.5 Å². The van der Waals surface area contributed by atoms with Crippen LogP contribution in [0.2, 0.25) is 0 Å². The molecule has 2 aromatic rings. The molecule has 0 radical (unpaired) electrons. The Morgan fingerprint density at radius 2 is 1.82 bits per heavy atom. The van der Waals surface area contributed by atoms with Crippen LogP contribution in [0.3, 0.4) is 0 Å². The number of piperazine rings is 1. The number of nitrogen functional groups attached to an aromatic ring is 1. The SMILES string of the molecule is C[C@@H]1CN(c2ccc(N)cc2)CCN1c1cccc(C(=O)NC2C3CC4CC2CC(O)(C4)C3)n1.